The summed E-state index contributed by atoms with van der Waals surface area (Å²) in [6.07, 6.45) is 0. The highest BCUT2D eigenvalue weighted by atomic mass is 14.2. The molecular formula is C64H42. The summed E-state index contributed by atoms with van der Waals surface area (Å²) in [6, 6.07) is 93.5. The second kappa shape index (κ2) is 15.9. The van der Waals surface area contributed by atoms with Crippen LogP contribution in [0.2, 0.25) is 0 Å². The lowest BCUT2D eigenvalue weighted by Gasteiger charge is -2.19. The molecule has 0 saturated carbocycles. The van der Waals surface area contributed by atoms with Crippen LogP contribution in [0.4, 0.5) is 0 Å². The van der Waals surface area contributed by atoms with Gasteiger partial charge in [0.25, 0.3) is 0 Å². The molecule has 0 nitrogen and oxygen atoms in total. The summed E-state index contributed by atoms with van der Waals surface area (Å²) in [6.45, 7) is 0. The van der Waals surface area contributed by atoms with Gasteiger partial charge >= 0.3 is 0 Å². The zero-order valence-corrected chi connectivity index (χ0v) is 35.2. The monoisotopic (exact) mass is 810 g/mol. The normalized spacial score (nSPS) is 11.4. The van der Waals surface area contributed by atoms with Crippen molar-refractivity contribution in [1.82, 2.24) is 0 Å². The Morgan fingerprint density at radius 2 is 0.328 bits per heavy atom. The third kappa shape index (κ3) is 6.48. The highest BCUT2D eigenvalue weighted by Gasteiger charge is 2.20. The summed E-state index contributed by atoms with van der Waals surface area (Å²) in [5.41, 5.74) is 17.2. The van der Waals surface area contributed by atoms with Crippen LogP contribution in [0.5, 0.6) is 0 Å². The van der Waals surface area contributed by atoms with Crippen LogP contribution in [0.25, 0.3) is 121 Å². The first-order valence-electron chi connectivity index (χ1n) is 22.2. The maximum absolute atomic E-state index is 2.43. The van der Waals surface area contributed by atoms with E-state index in [0.717, 1.165) is 0 Å². The van der Waals surface area contributed by atoms with Gasteiger partial charge in [0.1, 0.15) is 0 Å². The minimum atomic E-state index is 1.19. The standard InChI is InChI=1S/C64H42/c1-4-16-43(17-5-1)45-28-34-50(35-29-45)63-57-26-14-15-27-58(57)64(51-36-30-46(31-37-51)44-18-6-2-7-19-44)60-42-52(40-41-59(60)63)47-32-38-49(39-33-47)62-55-24-12-10-22-53(55)61(48-20-8-3-9-21-48)54-23-11-13-25-56(54)62/h1-42H. The molecule has 0 unspecified atom stereocenters. The maximum Gasteiger partial charge on any atom is -0.00261 e. The molecule has 0 aliphatic heterocycles. The average molecular weight is 811 g/mol. The summed E-state index contributed by atoms with van der Waals surface area (Å²) in [5, 5.41) is 10.0. The van der Waals surface area contributed by atoms with Crippen molar-refractivity contribution in [3.8, 4) is 77.9 Å². The Hall–Kier alpha value is -8.32. The quantitative estimate of drug-likeness (QED) is 0.141. The molecule has 0 radical (unpaired) electrons. The van der Waals surface area contributed by atoms with Crippen molar-refractivity contribution in [2.75, 3.05) is 0 Å². The molecule has 0 aliphatic carbocycles. The lowest BCUT2D eigenvalue weighted by Crippen LogP contribution is -1.92. The summed E-state index contributed by atoms with van der Waals surface area (Å²) < 4.78 is 0. The molecule has 298 valence electrons. The lowest BCUT2D eigenvalue weighted by molar-refractivity contribution is 1.60. The third-order valence-electron chi connectivity index (χ3n) is 13.1. The zero-order valence-electron chi connectivity index (χ0n) is 35.2. The zero-order chi connectivity index (χ0) is 42.4. The van der Waals surface area contributed by atoms with E-state index in [1.165, 1.54) is 121 Å². The molecule has 0 heteroatoms. The molecule has 0 atom stereocenters. The predicted molar refractivity (Wildman–Crippen MR) is 275 cm³/mol. The van der Waals surface area contributed by atoms with E-state index in [2.05, 4.69) is 255 Å². The summed E-state index contributed by atoms with van der Waals surface area (Å²) in [7, 11) is 0. The average Bonchev–Trinajstić information content (AvgIpc) is 3.38. The molecule has 64 heavy (non-hydrogen) atoms. The van der Waals surface area contributed by atoms with Gasteiger partial charge < -0.3 is 0 Å². The van der Waals surface area contributed by atoms with Gasteiger partial charge in [-0.15, -0.1) is 0 Å². The molecule has 0 fully saturated rings. The Morgan fingerprint density at radius 3 is 0.672 bits per heavy atom. The second-order valence-corrected chi connectivity index (χ2v) is 16.7. The van der Waals surface area contributed by atoms with Crippen LogP contribution in [0, 0.1) is 0 Å². The van der Waals surface area contributed by atoms with E-state index in [1.54, 1.807) is 0 Å². The van der Waals surface area contributed by atoms with Gasteiger partial charge in [0.05, 0.1) is 0 Å². The molecule has 12 rings (SSSR count). The van der Waals surface area contributed by atoms with E-state index in [4.69, 9.17) is 0 Å². The first kappa shape index (κ1) is 37.4. The van der Waals surface area contributed by atoms with Crippen molar-refractivity contribution in [2.24, 2.45) is 0 Å². The Kier molecular flexibility index (Phi) is 9.28. The van der Waals surface area contributed by atoms with E-state index in [1.807, 2.05) is 0 Å². The van der Waals surface area contributed by atoms with Crippen molar-refractivity contribution in [2.45, 2.75) is 0 Å². The highest BCUT2D eigenvalue weighted by molar-refractivity contribution is 6.23. The molecule has 0 bridgehead atoms. The molecule has 0 spiro atoms. The SMILES string of the molecule is c1ccc(-c2ccc(-c3c4ccccc4c(-c4ccc(-c5ccccc5)cc4)c4cc(-c5ccc(-c6c7ccccc7c(-c7ccccc7)c7ccccc67)cc5)ccc34)cc2)cc1. The summed E-state index contributed by atoms with van der Waals surface area (Å²) in [4.78, 5) is 0. The van der Waals surface area contributed by atoms with Crippen LogP contribution in [0.15, 0.2) is 255 Å². The molecule has 12 aromatic carbocycles. The van der Waals surface area contributed by atoms with E-state index >= 15 is 0 Å². The van der Waals surface area contributed by atoms with E-state index in [0.29, 0.717) is 0 Å². The minimum absolute atomic E-state index is 1.19. The number of benzene rings is 12. The molecule has 0 N–H and O–H groups in total. The van der Waals surface area contributed by atoms with Gasteiger partial charge in [0.15, 0.2) is 0 Å². The van der Waals surface area contributed by atoms with Gasteiger partial charge in [-0.2, -0.15) is 0 Å². The van der Waals surface area contributed by atoms with Crippen molar-refractivity contribution in [3.05, 3.63) is 255 Å². The molecule has 0 aromatic heterocycles. The Bertz CT molecular complexity index is 3590. The smallest absolute Gasteiger partial charge is 0.00261 e. The van der Waals surface area contributed by atoms with Gasteiger partial charge in [0.2, 0.25) is 0 Å². The predicted octanol–water partition coefficient (Wildman–Crippen LogP) is 18.0. The lowest BCUT2D eigenvalue weighted by atomic mass is 9.84. The largest absolute Gasteiger partial charge is 0.0622 e. The van der Waals surface area contributed by atoms with Gasteiger partial charge in [-0.25, -0.2) is 0 Å². The van der Waals surface area contributed by atoms with Crippen LogP contribution in [-0.4, -0.2) is 0 Å². The first-order chi connectivity index (χ1) is 31.8. The third-order valence-corrected chi connectivity index (χ3v) is 13.1. The number of fused-ring (bicyclic) bond motifs is 4. The number of rotatable bonds is 7. The van der Waals surface area contributed by atoms with Crippen molar-refractivity contribution >= 4 is 43.1 Å². The van der Waals surface area contributed by atoms with Crippen molar-refractivity contribution in [1.29, 1.82) is 0 Å². The fourth-order valence-electron chi connectivity index (χ4n) is 10.1. The molecular weight excluding hydrogens is 769 g/mol. The highest BCUT2D eigenvalue weighted by Crippen LogP contribution is 2.47. The second-order valence-electron chi connectivity index (χ2n) is 16.7. The first-order valence-corrected chi connectivity index (χ1v) is 22.2. The van der Waals surface area contributed by atoms with Gasteiger partial charge in [-0.05, 0) is 127 Å². The molecule has 12 aromatic rings. The summed E-state index contributed by atoms with van der Waals surface area (Å²) in [5.74, 6) is 0. The number of hydrogen-bond donors (Lipinski definition) is 0. The van der Waals surface area contributed by atoms with Crippen molar-refractivity contribution in [3.63, 3.8) is 0 Å². The fourth-order valence-corrected chi connectivity index (χ4v) is 10.1. The Morgan fingerprint density at radius 1 is 0.125 bits per heavy atom. The van der Waals surface area contributed by atoms with E-state index in [-0.39, 0.29) is 0 Å². The fraction of sp³-hybridized carbons (Fsp3) is 0. The maximum atomic E-state index is 2.43. The van der Waals surface area contributed by atoms with Gasteiger partial charge in [-0.3, -0.25) is 0 Å². The Balaban J connectivity index is 1.03. The van der Waals surface area contributed by atoms with Crippen LogP contribution >= 0.6 is 0 Å². The van der Waals surface area contributed by atoms with E-state index in [9.17, 15) is 0 Å². The van der Waals surface area contributed by atoms with Crippen LogP contribution in [0.3, 0.4) is 0 Å². The van der Waals surface area contributed by atoms with Crippen LogP contribution in [0.1, 0.15) is 0 Å². The molecule has 0 amide bonds. The van der Waals surface area contributed by atoms with Crippen LogP contribution in [-0.2, 0) is 0 Å². The van der Waals surface area contributed by atoms with Gasteiger partial charge in [0, 0.05) is 0 Å². The van der Waals surface area contributed by atoms with Crippen molar-refractivity contribution < 1.29 is 0 Å². The minimum Gasteiger partial charge on any atom is -0.0622 e. The van der Waals surface area contributed by atoms with Gasteiger partial charge in [-0.1, -0.05) is 249 Å². The topological polar surface area (TPSA) is 0 Å². The molecule has 0 heterocycles. The number of hydrogen-bond acceptors (Lipinski definition) is 0. The Labute approximate surface area is 374 Å². The van der Waals surface area contributed by atoms with E-state index < -0.39 is 0 Å². The summed E-state index contributed by atoms with van der Waals surface area (Å²) >= 11 is 0. The van der Waals surface area contributed by atoms with Crippen LogP contribution < -0.4 is 0 Å². The molecule has 0 aliphatic rings. The molecule has 0 saturated heterocycles.